The van der Waals surface area contributed by atoms with Crippen LogP contribution >= 0.6 is 0 Å². The Morgan fingerprint density at radius 1 is 1.40 bits per heavy atom. The van der Waals surface area contributed by atoms with Gasteiger partial charge in [0.2, 0.25) is 0 Å². The largest absolute Gasteiger partial charge is 0.491 e. The maximum absolute atomic E-state index is 12.0. The van der Waals surface area contributed by atoms with Gasteiger partial charge in [0.25, 0.3) is 5.91 Å². The molecule has 1 saturated heterocycles. The van der Waals surface area contributed by atoms with Crippen LogP contribution in [-0.2, 0) is 4.74 Å². The summed E-state index contributed by atoms with van der Waals surface area (Å²) in [6.45, 7) is 1.88. The maximum atomic E-state index is 12.0. The summed E-state index contributed by atoms with van der Waals surface area (Å²) in [5, 5.41) is 6.14. The number of hydrogen-bond donors (Lipinski definition) is 2. The lowest BCUT2D eigenvalue weighted by Crippen LogP contribution is -2.29. The summed E-state index contributed by atoms with van der Waals surface area (Å²) in [6.07, 6.45) is 2.32. The second-order valence-electron chi connectivity index (χ2n) is 5.18. The molecule has 3 rings (SSSR count). The third-order valence-corrected chi connectivity index (χ3v) is 3.90. The van der Waals surface area contributed by atoms with Crippen LogP contribution in [0, 0.1) is 0 Å². The van der Waals surface area contributed by atoms with Gasteiger partial charge in [0.15, 0.2) is 0 Å². The van der Waals surface area contributed by atoms with E-state index >= 15 is 0 Å². The van der Waals surface area contributed by atoms with Crippen molar-refractivity contribution in [3.05, 3.63) is 29.3 Å². The second kappa shape index (κ2) is 5.81. The summed E-state index contributed by atoms with van der Waals surface area (Å²) >= 11 is 0. The molecule has 0 spiro atoms. The van der Waals surface area contributed by atoms with Crippen LogP contribution < -0.4 is 15.4 Å². The number of carbonyl (C=O) groups excluding carboxylic acids is 1. The molecule has 2 atom stereocenters. The quantitative estimate of drug-likeness (QED) is 0.872. The van der Waals surface area contributed by atoms with E-state index in [1.54, 1.807) is 0 Å². The van der Waals surface area contributed by atoms with Crippen molar-refractivity contribution in [2.75, 3.05) is 26.8 Å². The number of ether oxygens (including phenoxy) is 2. The first-order valence-corrected chi connectivity index (χ1v) is 7.13. The molecule has 0 saturated carbocycles. The monoisotopic (exact) mass is 276 g/mol. The van der Waals surface area contributed by atoms with Gasteiger partial charge in [0.05, 0.1) is 24.3 Å². The first-order valence-electron chi connectivity index (χ1n) is 7.13. The lowest BCUT2D eigenvalue weighted by atomic mass is 9.97. The van der Waals surface area contributed by atoms with Gasteiger partial charge in [-0.3, -0.25) is 4.79 Å². The average molecular weight is 276 g/mol. The van der Waals surface area contributed by atoms with E-state index in [2.05, 4.69) is 10.6 Å². The predicted octanol–water partition coefficient (Wildman–Crippen LogP) is 1.25. The number of likely N-dealkylation sites (N-methyl/N-ethyl adjacent to an activating group) is 1. The molecule has 2 heterocycles. The van der Waals surface area contributed by atoms with E-state index in [1.807, 2.05) is 25.2 Å². The minimum Gasteiger partial charge on any atom is -0.491 e. The summed E-state index contributed by atoms with van der Waals surface area (Å²) in [5.74, 6) is 0.590. The summed E-state index contributed by atoms with van der Waals surface area (Å²) in [6, 6.07) is 5.92. The smallest absolute Gasteiger partial charge is 0.255 e. The fourth-order valence-electron chi connectivity index (χ4n) is 2.90. The number of carbonyl (C=O) groups is 1. The Morgan fingerprint density at radius 3 is 3.05 bits per heavy atom. The lowest BCUT2D eigenvalue weighted by molar-refractivity contribution is 0.0806. The van der Waals surface area contributed by atoms with Gasteiger partial charge in [-0.25, -0.2) is 0 Å². The highest BCUT2D eigenvalue weighted by Crippen LogP contribution is 2.30. The molecule has 0 radical (unpaired) electrons. The van der Waals surface area contributed by atoms with E-state index < -0.39 is 0 Å². The topological polar surface area (TPSA) is 59.6 Å². The van der Waals surface area contributed by atoms with Crippen molar-refractivity contribution in [2.24, 2.45) is 0 Å². The van der Waals surface area contributed by atoms with Crippen LogP contribution in [0.1, 0.15) is 34.8 Å². The van der Waals surface area contributed by atoms with Gasteiger partial charge in [-0.05, 0) is 37.6 Å². The SMILES string of the molecule is CNC(c1ccc2c(c1)C(=O)NCCO2)C1CCCO1. The Kier molecular flexibility index (Phi) is 3.89. The lowest BCUT2D eigenvalue weighted by Gasteiger charge is -2.23. The molecule has 0 aliphatic carbocycles. The van der Waals surface area contributed by atoms with Crippen molar-refractivity contribution >= 4 is 5.91 Å². The Morgan fingerprint density at radius 2 is 2.30 bits per heavy atom. The molecule has 2 unspecified atom stereocenters. The van der Waals surface area contributed by atoms with E-state index in [1.165, 1.54) is 0 Å². The minimum atomic E-state index is -0.0680. The first kappa shape index (κ1) is 13.4. The van der Waals surface area contributed by atoms with Crippen molar-refractivity contribution in [3.8, 4) is 5.75 Å². The average Bonchev–Trinajstić information content (AvgIpc) is 2.92. The van der Waals surface area contributed by atoms with Crippen LogP contribution in [0.15, 0.2) is 18.2 Å². The van der Waals surface area contributed by atoms with E-state index in [0.717, 1.165) is 25.0 Å². The standard InChI is InChI=1S/C15H20N2O3/c1-16-14(13-3-2-7-19-13)10-4-5-12-11(9-10)15(18)17-6-8-20-12/h4-5,9,13-14,16H,2-3,6-8H2,1H3,(H,17,18). The number of amides is 1. The van der Waals surface area contributed by atoms with Crippen LogP contribution in [0.5, 0.6) is 5.75 Å². The summed E-state index contributed by atoms with van der Waals surface area (Å²) < 4.78 is 11.3. The molecule has 1 aromatic rings. The third-order valence-electron chi connectivity index (χ3n) is 3.90. The van der Waals surface area contributed by atoms with E-state index in [4.69, 9.17) is 9.47 Å². The minimum absolute atomic E-state index is 0.0680. The van der Waals surface area contributed by atoms with Crippen LogP contribution in [0.4, 0.5) is 0 Å². The third kappa shape index (κ3) is 2.51. The molecule has 5 nitrogen and oxygen atoms in total. The van der Waals surface area contributed by atoms with E-state index in [-0.39, 0.29) is 18.1 Å². The van der Waals surface area contributed by atoms with Crippen LogP contribution in [0.3, 0.4) is 0 Å². The van der Waals surface area contributed by atoms with E-state index in [0.29, 0.717) is 24.5 Å². The Hall–Kier alpha value is -1.59. The van der Waals surface area contributed by atoms with Gasteiger partial charge in [-0.15, -0.1) is 0 Å². The normalized spacial score (nSPS) is 23.4. The Labute approximate surface area is 118 Å². The summed E-state index contributed by atoms with van der Waals surface area (Å²) in [7, 11) is 1.93. The fourth-order valence-corrected chi connectivity index (χ4v) is 2.90. The first-order chi connectivity index (χ1) is 9.79. The summed E-state index contributed by atoms with van der Waals surface area (Å²) in [4.78, 5) is 12.0. The van der Waals surface area contributed by atoms with Crippen LogP contribution in [0.2, 0.25) is 0 Å². The van der Waals surface area contributed by atoms with Gasteiger partial charge in [0, 0.05) is 6.61 Å². The van der Waals surface area contributed by atoms with Gasteiger partial charge in [0.1, 0.15) is 12.4 Å². The van der Waals surface area contributed by atoms with Crippen LogP contribution in [-0.4, -0.2) is 38.8 Å². The van der Waals surface area contributed by atoms with Crippen molar-refractivity contribution < 1.29 is 14.3 Å². The molecule has 1 aromatic carbocycles. The molecule has 20 heavy (non-hydrogen) atoms. The molecule has 2 aliphatic rings. The second-order valence-corrected chi connectivity index (χ2v) is 5.18. The van der Waals surface area contributed by atoms with Crippen molar-refractivity contribution in [3.63, 3.8) is 0 Å². The molecule has 0 bridgehead atoms. The number of hydrogen-bond acceptors (Lipinski definition) is 4. The fraction of sp³-hybridized carbons (Fsp3) is 0.533. The van der Waals surface area contributed by atoms with Crippen molar-refractivity contribution in [1.29, 1.82) is 0 Å². The Bertz CT molecular complexity index is 498. The molecule has 108 valence electrons. The molecular formula is C15H20N2O3. The van der Waals surface area contributed by atoms with Crippen molar-refractivity contribution in [2.45, 2.75) is 25.0 Å². The zero-order valence-electron chi connectivity index (χ0n) is 11.6. The molecule has 1 fully saturated rings. The van der Waals surface area contributed by atoms with Gasteiger partial charge < -0.3 is 20.1 Å². The molecule has 5 heteroatoms. The van der Waals surface area contributed by atoms with Crippen LogP contribution in [0.25, 0.3) is 0 Å². The zero-order valence-corrected chi connectivity index (χ0v) is 11.6. The zero-order chi connectivity index (χ0) is 13.9. The molecule has 2 N–H and O–H groups in total. The Balaban J connectivity index is 1.91. The highest BCUT2D eigenvalue weighted by molar-refractivity contribution is 5.97. The van der Waals surface area contributed by atoms with Gasteiger partial charge >= 0.3 is 0 Å². The predicted molar refractivity (Wildman–Crippen MR) is 75.0 cm³/mol. The molecule has 1 amide bonds. The highest BCUT2D eigenvalue weighted by Gasteiger charge is 2.27. The van der Waals surface area contributed by atoms with E-state index in [9.17, 15) is 4.79 Å². The number of rotatable bonds is 3. The van der Waals surface area contributed by atoms with Gasteiger partial charge in [-0.2, -0.15) is 0 Å². The molecule has 2 aliphatic heterocycles. The summed E-state index contributed by atoms with van der Waals surface area (Å²) in [5.41, 5.74) is 1.68. The van der Waals surface area contributed by atoms with Crippen molar-refractivity contribution in [1.82, 2.24) is 10.6 Å². The molecular weight excluding hydrogens is 256 g/mol. The number of nitrogens with one attached hydrogen (secondary N) is 2. The van der Waals surface area contributed by atoms with Gasteiger partial charge in [-0.1, -0.05) is 6.07 Å². The highest BCUT2D eigenvalue weighted by atomic mass is 16.5. The molecule has 0 aromatic heterocycles. The number of fused-ring (bicyclic) bond motifs is 1. The maximum Gasteiger partial charge on any atom is 0.255 e. The number of benzene rings is 1.